The Labute approximate surface area is 160 Å². The van der Waals surface area contributed by atoms with Crippen molar-refractivity contribution in [3.63, 3.8) is 0 Å². The van der Waals surface area contributed by atoms with Gasteiger partial charge in [-0.15, -0.1) is 5.10 Å². The Balaban J connectivity index is 2.27. The van der Waals surface area contributed by atoms with Crippen LogP contribution in [0.4, 0.5) is 5.69 Å². The summed E-state index contributed by atoms with van der Waals surface area (Å²) in [7, 11) is 1.74. The van der Waals surface area contributed by atoms with Crippen molar-refractivity contribution >= 4 is 34.9 Å². The molecule has 0 amide bonds. The second kappa shape index (κ2) is 8.42. The first-order chi connectivity index (χ1) is 12.2. The molecule has 140 valence electrons. The van der Waals surface area contributed by atoms with Gasteiger partial charge in [-0.1, -0.05) is 37.0 Å². The van der Waals surface area contributed by atoms with Crippen molar-refractivity contribution in [1.29, 1.82) is 0 Å². The number of carboxylic acid groups (broad SMARTS) is 1. The molecule has 1 aromatic carbocycles. The molecule has 2 aromatic rings. The van der Waals surface area contributed by atoms with E-state index in [1.54, 1.807) is 30.1 Å². The lowest BCUT2D eigenvalue weighted by Gasteiger charge is -2.20. The summed E-state index contributed by atoms with van der Waals surface area (Å²) >= 11 is 12.5. The van der Waals surface area contributed by atoms with Crippen molar-refractivity contribution in [2.45, 2.75) is 26.2 Å². The van der Waals surface area contributed by atoms with Gasteiger partial charge in [-0.2, -0.15) is 0 Å². The zero-order valence-corrected chi connectivity index (χ0v) is 16.1. The number of hydrogen-bond acceptors (Lipinski definition) is 5. The lowest BCUT2D eigenvalue weighted by molar-refractivity contribution is -0.136. The quantitative estimate of drug-likeness (QED) is 0.732. The molecule has 7 nitrogen and oxygen atoms in total. The first-order valence-electron chi connectivity index (χ1n) is 7.88. The van der Waals surface area contributed by atoms with Crippen LogP contribution in [0.2, 0.25) is 10.0 Å². The SMILES string of the molecule is CC(C)c1cc(Oc2c(Cl)cc(N(C)CCC(=O)O)cc2Cl)n[nH]c1=O. The fraction of sp³-hybridized carbons (Fsp3) is 0.353. The summed E-state index contributed by atoms with van der Waals surface area (Å²) in [5.41, 5.74) is 0.915. The number of rotatable bonds is 7. The molecule has 0 aliphatic rings. The summed E-state index contributed by atoms with van der Waals surface area (Å²) in [5.74, 6) is -0.513. The number of aliphatic carboxylic acids is 1. The summed E-state index contributed by atoms with van der Waals surface area (Å²) in [6.45, 7) is 4.08. The van der Waals surface area contributed by atoms with Crippen molar-refractivity contribution in [3.8, 4) is 11.6 Å². The number of aromatic amines is 1. The number of anilines is 1. The van der Waals surface area contributed by atoms with Gasteiger partial charge >= 0.3 is 5.97 Å². The Morgan fingerprint density at radius 3 is 2.46 bits per heavy atom. The third kappa shape index (κ3) is 4.89. The van der Waals surface area contributed by atoms with E-state index in [1.807, 2.05) is 13.8 Å². The van der Waals surface area contributed by atoms with E-state index in [9.17, 15) is 9.59 Å². The van der Waals surface area contributed by atoms with Gasteiger partial charge < -0.3 is 14.7 Å². The van der Waals surface area contributed by atoms with Crippen LogP contribution in [-0.4, -0.2) is 34.9 Å². The van der Waals surface area contributed by atoms with Crippen LogP contribution >= 0.6 is 23.2 Å². The number of halogens is 2. The van der Waals surface area contributed by atoms with Crippen LogP contribution < -0.4 is 15.2 Å². The summed E-state index contributed by atoms with van der Waals surface area (Å²) in [6.07, 6.45) is -0.0106. The van der Waals surface area contributed by atoms with E-state index < -0.39 is 5.97 Å². The van der Waals surface area contributed by atoms with Crippen molar-refractivity contribution in [2.24, 2.45) is 0 Å². The number of nitrogens with one attached hydrogen (secondary N) is 1. The zero-order chi connectivity index (χ0) is 19.4. The zero-order valence-electron chi connectivity index (χ0n) is 14.5. The monoisotopic (exact) mass is 399 g/mol. The van der Waals surface area contributed by atoms with E-state index in [2.05, 4.69) is 10.2 Å². The van der Waals surface area contributed by atoms with Gasteiger partial charge in [0.1, 0.15) is 0 Å². The molecule has 26 heavy (non-hydrogen) atoms. The molecule has 0 radical (unpaired) electrons. The molecule has 1 aromatic heterocycles. The van der Waals surface area contributed by atoms with Crippen molar-refractivity contribution in [3.05, 3.63) is 44.2 Å². The Morgan fingerprint density at radius 2 is 1.92 bits per heavy atom. The average molecular weight is 400 g/mol. The van der Waals surface area contributed by atoms with Crippen LogP contribution in [0.25, 0.3) is 0 Å². The normalized spacial score (nSPS) is 10.8. The molecule has 1 heterocycles. The molecule has 0 spiro atoms. The second-order valence-electron chi connectivity index (χ2n) is 6.05. The number of carbonyl (C=O) groups is 1. The predicted molar refractivity (Wildman–Crippen MR) is 101 cm³/mol. The highest BCUT2D eigenvalue weighted by Crippen LogP contribution is 2.39. The van der Waals surface area contributed by atoms with E-state index in [0.29, 0.717) is 17.8 Å². The number of H-pyrrole nitrogens is 1. The second-order valence-corrected chi connectivity index (χ2v) is 6.87. The average Bonchev–Trinajstić information content (AvgIpc) is 2.56. The topological polar surface area (TPSA) is 95.5 Å². The fourth-order valence-corrected chi connectivity index (χ4v) is 2.80. The minimum atomic E-state index is -0.890. The van der Waals surface area contributed by atoms with Gasteiger partial charge in [0, 0.05) is 30.9 Å². The van der Waals surface area contributed by atoms with Crippen molar-refractivity contribution in [1.82, 2.24) is 10.2 Å². The highest BCUT2D eigenvalue weighted by molar-refractivity contribution is 6.37. The molecule has 0 saturated heterocycles. The molecular weight excluding hydrogens is 381 g/mol. The Kier molecular flexibility index (Phi) is 6.50. The standard InChI is InChI=1S/C17H19Cl2N3O4/c1-9(2)11-8-14(20-21-17(11)25)26-16-12(18)6-10(7-13(16)19)22(3)5-4-15(23)24/h6-9H,4-5H2,1-3H3,(H,21,25)(H,23,24). The molecule has 0 aliphatic heterocycles. The first-order valence-corrected chi connectivity index (χ1v) is 8.64. The van der Waals surface area contributed by atoms with Gasteiger partial charge in [-0.05, 0) is 18.1 Å². The number of aromatic nitrogens is 2. The maximum Gasteiger partial charge on any atom is 0.305 e. The molecule has 0 unspecified atom stereocenters. The predicted octanol–water partition coefficient (Wildman–Crippen LogP) is 3.90. The Morgan fingerprint density at radius 1 is 1.31 bits per heavy atom. The maximum atomic E-state index is 11.8. The van der Waals surface area contributed by atoms with Crippen LogP contribution in [0, 0.1) is 0 Å². The van der Waals surface area contributed by atoms with Crippen LogP contribution in [0.15, 0.2) is 23.0 Å². The molecule has 9 heteroatoms. The summed E-state index contributed by atoms with van der Waals surface area (Å²) in [5, 5.41) is 15.5. The summed E-state index contributed by atoms with van der Waals surface area (Å²) in [4.78, 5) is 24.2. The smallest absolute Gasteiger partial charge is 0.305 e. The largest absolute Gasteiger partial charge is 0.481 e. The lowest BCUT2D eigenvalue weighted by Crippen LogP contribution is -2.21. The van der Waals surface area contributed by atoms with E-state index in [1.165, 1.54) is 0 Å². The first kappa shape index (κ1) is 20.1. The number of benzene rings is 1. The minimum Gasteiger partial charge on any atom is -0.481 e. The van der Waals surface area contributed by atoms with E-state index in [0.717, 1.165) is 0 Å². The third-order valence-electron chi connectivity index (χ3n) is 3.72. The molecular formula is C17H19Cl2N3O4. The molecule has 2 rings (SSSR count). The molecule has 0 saturated carbocycles. The maximum absolute atomic E-state index is 11.8. The lowest BCUT2D eigenvalue weighted by atomic mass is 10.1. The molecule has 2 N–H and O–H groups in total. The molecule has 0 aliphatic carbocycles. The van der Waals surface area contributed by atoms with Crippen LogP contribution in [-0.2, 0) is 4.79 Å². The molecule has 0 bridgehead atoms. The highest BCUT2D eigenvalue weighted by Gasteiger charge is 2.15. The van der Waals surface area contributed by atoms with E-state index in [4.69, 9.17) is 33.0 Å². The van der Waals surface area contributed by atoms with Crippen LogP contribution in [0.1, 0.15) is 31.7 Å². The van der Waals surface area contributed by atoms with Crippen LogP contribution in [0.3, 0.4) is 0 Å². The van der Waals surface area contributed by atoms with E-state index >= 15 is 0 Å². The third-order valence-corrected chi connectivity index (χ3v) is 4.28. The Bertz CT molecular complexity index is 844. The highest BCUT2D eigenvalue weighted by atomic mass is 35.5. The van der Waals surface area contributed by atoms with Gasteiger partial charge in [0.2, 0.25) is 5.88 Å². The van der Waals surface area contributed by atoms with Crippen LogP contribution in [0.5, 0.6) is 11.6 Å². The van der Waals surface area contributed by atoms with Crippen molar-refractivity contribution in [2.75, 3.05) is 18.5 Å². The summed E-state index contributed by atoms with van der Waals surface area (Å²) in [6, 6.07) is 4.79. The molecule has 0 atom stereocenters. The number of hydrogen-bond donors (Lipinski definition) is 2. The van der Waals surface area contributed by atoms with Gasteiger partial charge in [0.05, 0.1) is 16.5 Å². The molecule has 0 fully saturated rings. The van der Waals surface area contributed by atoms with Gasteiger partial charge in [0.25, 0.3) is 5.56 Å². The fourth-order valence-electron chi connectivity index (χ4n) is 2.24. The Hall–Kier alpha value is -2.25. The van der Waals surface area contributed by atoms with Gasteiger partial charge in [0.15, 0.2) is 5.75 Å². The minimum absolute atomic E-state index is 0.000282. The van der Waals surface area contributed by atoms with Gasteiger partial charge in [-0.25, -0.2) is 5.10 Å². The van der Waals surface area contributed by atoms with E-state index in [-0.39, 0.29) is 39.6 Å². The van der Waals surface area contributed by atoms with Gasteiger partial charge in [-0.3, -0.25) is 9.59 Å². The number of nitrogens with zero attached hydrogens (tertiary/aromatic N) is 2. The van der Waals surface area contributed by atoms with Crippen molar-refractivity contribution < 1.29 is 14.6 Å². The summed E-state index contributed by atoms with van der Waals surface area (Å²) < 4.78 is 5.66. The number of ether oxygens (including phenoxy) is 1. The number of carboxylic acids is 1.